The van der Waals surface area contributed by atoms with Crippen LogP contribution in [0.4, 0.5) is 10.1 Å². The molecule has 1 amide bonds. The van der Waals surface area contributed by atoms with Crippen LogP contribution in [0.25, 0.3) is 0 Å². The van der Waals surface area contributed by atoms with E-state index in [1.165, 1.54) is 6.07 Å². The third-order valence-corrected chi connectivity index (χ3v) is 3.12. The van der Waals surface area contributed by atoms with Gasteiger partial charge in [0, 0.05) is 12.2 Å². The quantitative estimate of drug-likeness (QED) is 0.879. The molecule has 0 spiro atoms. The van der Waals surface area contributed by atoms with Gasteiger partial charge in [-0.1, -0.05) is 13.3 Å². The molecule has 1 rings (SSSR count). The zero-order valence-corrected chi connectivity index (χ0v) is 11.3. The molecule has 0 heterocycles. The molecule has 5 heteroatoms. The fraction of sp³-hybridized carbons (Fsp3) is 0.417. The molecule has 17 heavy (non-hydrogen) atoms. The summed E-state index contributed by atoms with van der Waals surface area (Å²) in [6.45, 7) is 2.30. The molecular formula is C12H16BrFN2O. The third-order valence-electron chi connectivity index (χ3n) is 2.48. The highest BCUT2D eigenvalue weighted by molar-refractivity contribution is 9.10. The van der Waals surface area contributed by atoms with Gasteiger partial charge in [-0.25, -0.2) is 4.39 Å². The van der Waals surface area contributed by atoms with E-state index in [0.717, 1.165) is 12.8 Å². The second-order valence-electron chi connectivity index (χ2n) is 3.84. The van der Waals surface area contributed by atoms with Crippen molar-refractivity contribution < 1.29 is 9.18 Å². The first-order valence-electron chi connectivity index (χ1n) is 5.54. The Morgan fingerprint density at radius 2 is 2.29 bits per heavy atom. The van der Waals surface area contributed by atoms with Crippen LogP contribution in [0.15, 0.2) is 22.7 Å². The van der Waals surface area contributed by atoms with Crippen LogP contribution in [0.1, 0.15) is 19.8 Å². The summed E-state index contributed by atoms with van der Waals surface area (Å²) >= 11 is 3.06. The topological polar surface area (TPSA) is 55.1 Å². The molecule has 0 saturated carbocycles. The summed E-state index contributed by atoms with van der Waals surface area (Å²) in [6, 6.07) is 4.48. The van der Waals surface area contributed by atoms with E-state index in [0.29, 0.717) is 16.7 Å². The minimum atomic E-state index is -0.400. The van der Waals surface area contributed by atoms with Crippen LogP contribution in [-0.2, 0) is 4.79 Å². The maximum atomic E-state index is 13.2. The van der Waals surface area contributed by atoms with Crippen molar-refractivity contribution in [3.8, 4) is 0 Å². The van der Waals surface area contributed by atoms with Crippen LogP contribution in [0.2, 0.25) is 0 Å². The number of nitrogens with one attached hydrogen (secondary N) is 1. The fourth-order valence-electron chi connectivity index (χ4n) is 1.52. The largest absolute Gasteiger partial charge is 0.330 e. The molecule has 1 unspecified atom stereocenters. The summed E-state index contributed by atoms with van der Waals surface area (Å²) in [5.41, 5.74) is 5.97. The van der Waals surface area contributed by atoms with Gasteiger partial charge in [0.25, 0.3) is 0 Å². The van der Waals surface area contributed by atoms with E-state index < -0.39 is 5.82 Å². The first-order chi connectivity index (χ1) is 8.08. The Bertz CT molecular complexity index is 398. The number of halogens is 2. The lowest BCUT2D eigenvalue weighted by atomic mass is 10.0. The average molecular weight is 303 g/mol. The van der Waals surface area contributed by atoms with Gasteiger partial charge in [0.15, 0.2) is 0 Å². The molecule has 0 aliphatic heterocycles. The van der Waals surface area contributed by atoms with Crippen LogP contribution in [0, 0.1) is 11.7 Å². The molecule has 0 fully saturated rings. The van der Waals surface area contributed by atoms with Crippen LogP contribution < -0.4 is 11.1 Å². The first kappa shape index (κ1) is 14.1. The first-order valence-corrected chi connectivity index (χ1v) is 6.33. The Hall–Kier alpha value is -0.940. The molecule has 3 N–H and O–H groups in total. The lowest BCUT2D eigenvalue weighted by Gasteiger charge is -2.14. The summed E-state index contributed by atoms with van der Waals surface area (Å²) in [5, 5.41) is 2.67. The average Bonchev–Trinajstić information content (AvgIpc) is 2.30. The highest BCUT2D eigenvalue weighted by Gasteiger charge is 2.16. The fourth-order valence-corrected chi connectivity index (χ4v) is 1.77. The van der Waals surface area contributed by atoms with E-state index in [1.54, 1.807) is 12.1 Å². The number of anilines is 1. The van der Waals surface area contributed by atoms with Crippen molar-refractivity contribution >= 4 is 27.5 Å². The van der Waals surface area contributed by atoms with E-state index in [1.807, 2.05) is 6.92 Å². The Labute approximate surface area is 109 Å². The van der Waals surface area contributed by atoms with Crippen molar-refractivity contribution in [3.63, 3.8) is 0 Å². The molecule has 0 aliphatic rings. The molecule has 1 aromatic carbocycles. The predicted octanol–water partition coefficient (Wildman–Crippen LogP) is 2.90. The molecular weight excluding hydrogens is 287 g/mol. The summed E-state index contributed by atoms with van der Waals surface area (Å²) in [7, 11) is 0. The normalized spacial score (nSPS) is 12.2. The molecule has 0 aromatic heterocycles. The van der Waals surface area contributed by atoms with Gasteiger partial charge in [-0.3, -0.25) is 4.79 Å². The van der Waals surface area contributed by atoms with E-state index in [-0.39, 0.29) is 11.8 Å². The van der Waals surface area contributed by atoms with Crippen molar-refractivity contribution in [3.05, 3.63) is 28.5 Å². The SMILES string of the molecule is CCCC(CN)C(=O)Nc1ccc(Br)c(F)c1. The predicted molar refractivity (Wildman–Crippen MR) is 70.2 cm³/mol. The monoisotopic (exact) mass is 302 g/mol. The van der Waals surface area contributed by atoms with E-state index in [4.69, 9.17) is 5.73 Å². The number of hydrogen-bond donors (Lipinski definition) is 2. The van der Waals surface area contributed by atoms with Crippen molar-refractivity contribution in [1.29, 1.82) is 0 Å². The van der Waals surface area contributed by atoms with Crippen LogP contribution >= 0.6 is 15.9 Å². The van der Waals surface area contributed by atoms with Crippen molar-refractivity contribution in [1.82, 2.24) is 0 Å². The number of rotatable bonds is 5. The lowest BCUT2D eigenvalue weighted by molar-refractivity contribution is -0.119. The summed E-state index contributed by atoms with van der Waals surface area (Å²) in [4.78, 5) is 11.8. The van der Waals surface area contributed by atoms with Crippen molar-refractivity contribution in [2.24, 2.45) is 11.7 Å². The number of carbonyl (C=O) groups is 1. The van der Waals surface area contributed by atoms with Crippen LogP contribution in [-0.4, -0.2) is 12.5 Å². The minimum absolute atomic E-state index is 0.156. The molecule has 3 nitrogen and oxygen atoms in total. The zero-order chi connectivity index (χ0) is 12.8. The highest BCUT2D eigenvalue weighted by atomic mass is 79.9. The number of carbonyl (C=O) groups excluding carboxylic acids is 1. The van der Waals surface area contributed by atoms with Gasteiger partial charge in [-0.05, 0) is 40.5 Å². The maximum absolute atomic E-state index is 13.2. The summed E-state index contributed by atoms with van der Waals surface area (Å²) in [6.07, 6.45) is 1.63. The van der Waals surface area contributed by atoms with Crippen LogP contribution in [0.3, 0.4) is 0 Å². The van der Waals surface area contributed by atoms with Gasteiger partial charge in [0.05, 0.1) is 10.4 Å². The Morgan fingerprint density at radius 3 is 2.82 bits per heavy atom. The second kappa shape index (κ2) is 6.71. The molecule has 1 aromatic rings. The van der Waals surface area contributed by atoms with E-state index >= 15 is 0 Å². The number of amides is 1. The molecule has 94 valence electrons. The third kappa shape index (κ3) is 4.09. The Morgan fingerprint density at radius 1 is 1.59 bits per heavy atom. The number of nitrogens with two attached hydrogens (primary N) is 1. The molecule has 1 atom stereocenters. The Kier molecular flexibility index (Phi) is 5.58. The summed E-state index contributed by atoms with van der Waals surface area (Å²) in [5.74, 6) is -0.773. The smallest absolute Gasteiger partial charge is 0.228 e. The lowest BCUT2D eigenvalue weighted by Crippen LogP contribution is -2.29. The molecule has 0 saturated heterocycles. The van der Waals surface area contributed by atoms with Gasteiger partial charge in [-0.2, -0.15) is 0 Å². The van der Waals surface area contributed by atoms with Gasteiger partial charge < -0.3 is 11.1 Å². The number of benzene rings is 1. The maximum Gasteiger partial charge on any atom is 0.228 e. The van der Waals surface area contributed by atoms with E-state index in [2.05, 4.69) is 21.2 Å². The Balaban J connectivity index is 2.69. The van der Waals surface area contributed by atoms with Crippen molar-refractivity contribution in [2.75, 3.05) is 11.9 Å². The molecule has 0 bridgehead atoms. The van der Waals surface area contributed by atoms with Gasteiger partial charge in [0.1, 0.15) is 5.82 Å². The van der Waals surface area contributed by atoms with E-state index in [9.17, 15) is 9.18 Å². The standard InChI is InChI=1S/C12H16BrFN2O/c1-2-3-8(7-15)12(17)16-9-4-5-10(13)11(14)6-9/h4-6,8H,2-3,7,15H2,1H3,(H,16,17). The summed E-state index contributed by atoms with van der Waals surface area (Å²) < 4.78 is 13.6. The highest BCUT2D eigenvalue weighted by Crippen LogP contribution is 2.20. The molecule has 0 aliphatic carbocycles. The zero-order valence-electron chi connectivity index (χ0n) is 9.67. The minimum Gasteiger partial charge on any atom is -0.330 e. The van der Waals surface area contributed by atoms with Gasteiger partial charge >= 0.3 is 0 Å². The number of hydrogen-bond acceptors (Lipinski definition) is 2. The van der Waals surface area contributed by atoms with Crippen molar-refractivity contribution in [2.45, 2.75) is 19.8 Å². The van der Waals surface area contributed by atoms with Crippen LogP contribution in [0.5, 0.6) is 0 Å². The van der Waals surface area contributed by atoms with Gasteiger partial charge in [0.2, 0.25) is 5.91 Å². The second-order valence-corrected chi connectivity index (χ2v) is 4.69. The molecule has 0 radical (unpaired) electrons. The van der Waals surface area contributed by atoms with Gasteiger partial charge in [-0.15, -0.1) is 0 Å².